The molecule has 2 aromatic rings. The van der Waals surface area contributed by atoms with E-state index in [0.29, 0.717) is 19.4 Å². The SMILES string of the molecule is NCCCCC(NC(=O)CNC(=O)C(N)CS)C(=O)NC(Cc1c[nH]c2ccccc12)C(=O)O. The van der Waals surface area contributed by atoms with E-state index in [1.165, 1.54) is 0 Å². The van der Waals surface area contributed by atoms with E-state index in [9.17, 15) is 24.3 Å². The van der Waals surface area contributed by atoms with Crippen LogP contribution in [0.2, 0.25) is 0 Å². The van der Waals surface area contributed by atoms with Crippen LogP contribution in [0.1, 0.15) is 24.8 Å². The number of carbonyl (C=O) groups is 4. The van der Waals surface area contributed by atoms with Gasteiger partial charge in [0, 0.05) is 29.3 Å². The van der Waals surface area contributed by atoms with E-state index in [1.54, 1.807) is 6.20 Å². The van der Waals surface area contributed by atoms with Crippen molar-refractivity contribution in [3.8, 4) is 0 Å². The zero-order chi connectivity index (χ0) is 25.1. The van der Waals surface area contributed by atoms with Crippen LogP contribution in [0.25, 0.3) is 10.9 Å². The molecule has 1 aromatic heterocycles. The lowest BCUT2D eigenvalue weighted by atomic mass is 10.0. The van der Waals surface area contributed by atoms with Gasteiger partial charge in [0.2, 0.25) is 17.7 Å². The molecule has 12 heteroatoms. The molecule has 1 aromatic carbocycles. The minimum absolute atomic E-state index is 0.0617. The minimum atomic E-state index is -1.20. The van der Waals surface area contributed by atoms with Crippen LogP contribution < -0.4 is 27.4 Å². The van der Waals surface area contributed by atoms with E-state index >= 15 is 0 Å². The Hall–Kier alpha value is -3.09. The summed E-state index contributed by atoms with van der Waals surface area (Å²) in [5.74, 6) is -2.85. The van der Waals surface area contributed by atoms with Gasteiger partial charge in [-0.2, -0.15) is 12.6 Å². The predicted molar refractivity (Wildman–Crippen MR) is 131 cm³/mol. The molecule has 0 fully saturated rings. The number of rotatable bonds is 14. The first kappa shape index (κ1) is 27.2. The third-order valence-electron chi connectivity index (χ3n) is 5.27. The average molecular weight is 493 g/mol. The number of hydrogen-bond donors (Lipinski definition) is 8. The number of thiol groups is 1. The van der Waals surface area contributed by atoms with E-state index in [4.69, 9.17) is 11.5 Å². The number of unbranched alkanes of at least 4 members (excludes halogenated alkanes) is 1. The molecule has 0 bridgehead atoms. The standard InChI is InChI=1S/C22H32N6O5S/c23-8-4-3-7-17(27-19(29)11-26-20(30)15(24)12-34)21(31)28-18(22(32)33)9-13-10-25-16-6-2-1-5-14(13)16/h1-2,5-6,10,15,17-18,25,34H,3-4,7-9,11-12,23-24H2,(H,26,30)(H,27,29)(H,28,31)(H,32,33). The Morgan fingerprint density at radius 3 is 2.47 bits per heavy atom. The molecular formula is C22H32N6O5S. The molecule has 3 unspecified atom stereocenters. The van der Waals surface area contributed by atoms with Gasteiger partial charge in [-0.05, 0) is 37.4 Å². The van der Waals surface area contributed by atoms with Crippen molar-refractivity contribution in [1.82, 2.24) is 20.9 Å². The number of para-hydroxylation sites is 1. The zero-order valence-corrected chi connectivity index (χ0v) is 19.6. The molecule has 186 valence electrons. The molecule has 9 N–H and O–H groups in total. The molecule has 0 spiro atoms. The van der Waals surface area contributed by atoms with Crippen LogP contribution in [-0.4, -0.2) is 70.7 Å². The summed E-state index contributed by atoms with van der Waals surface area (Å²) >= 11 is 3.93. The summed E-state index contributed by atoms with van der Waals surface area (Å²) in [4.78, 5) is 52.0. The molecule has 0 aliphatic heterocycles. The minimum Gasteiger partial charge on any atom is -0.480 e. The molecule has 11 nitrogen and oxygen atoms in total. The third-order valence-corrected chi connectivity index (χ3v) is 5.66. The number of hydrogen-bond acceptors (Lipinski definition) is 7. The number of fused-ring (bicyclic) bond motifs is 1. The fraction of sp³-hybridized carbons (Fsp3) is 0.455. The Labute approximate surface area is 202 Å². The number of H-pyrrole nitrogens is 1. The first-order valence-electron chi connectivity index (χ1n) is 11.0. The van der Waals surface area contributed by atoms with Gasteiger partial charge in [-0.15, -0.1) is 0 Å². The number of nitrogens with one attached hydrogen (secondary N) is 4. The zero-order valence-electron chi connectivity index (χ0n) is 18.8. The van der Waals surface area contributed by atoms with Crippen molar-refractivity contribution >= 4 is 47.2 Å². The average Bonchev–Trinajstić information content (AvgIpc) is 3.23. The Balaban J connectivity index is 2.05. The number of carbonyl (C=O) groups excluding carboxylic acids is 3. The largest absolute Gasteiger partial charge is 0.480 e. The molecule has 0 saturated heterocycles. The Kier molecular flexibility index (Phi) is 10.8. The lowest BCUT2D eigenvalue weighted by molar-refractivity contribution is -0.142. The van der Waals surface area contributed by atoms with Crippen molar-refractivity contribution in [3.05, 3.63) is 36.0 Å². The number of amides is 3. The fourth-order valence-corrected chi connectivity index (χ4v) is 3.55. The van der Waals surface area contributed by atoms with Gasteiger partial charge >= 0.3 is 5.97 Å². The van der Waals surface area contributed by atoms with Crippen molar-refractivity contribution in [3.63, 3.8) is 0 Å². The summed E-state index contributed by atoms with van der Waals surface area (Å²) in [5.41, 5.74) is 12.7. The van der Waals surface area contributed by atoms with Crippen molar-refractivity contribution in [2.24, 2.45) is 11.5 Å². The van der Waals surface area contributed by atoms with Gasteiger partial charge in [0.25, 0.3) is 0 Å². The summed E-state index contributed by atoms with van der Waals surface area (Å²) < 4.78 is 0. The fourth-order valence-electron chi connectivity index (χ4n) is 3.38. The number of benzene rings is 1. The van der Waals surface area contributed by atoms with Crippen molar-refractivity contribution in [2.45, 2.75) is 43.8 Å². The maximum atomic E-state index is 12.9. The summed E-state index contributed by atoms with van der Waals surface area (Å²) in [5, 5.41) is 18.0. The maximum absolute atomic E-state index is 12.9. The first-order valence-corrected chi connectivity index (χ1v) is 11.6. The van der Waals surface area contributed by atoms with Crippen LogP contribution in [0.15, 0.2) is 30.5 Å². The molecule has 0 radical (unpaired) electrons. The number of aliphatic carboxylic acids is 1. The second-order valence-electron chi connectivity index (χ2n) is 7.87. The van der Waals surface area contributed by atoms with Crippen LogP contribution in [-0.2, 0) is 25.6 Å². The summed E-state index contributed by atoms with van der Waals surface area (Å²) in [6.07, 6.45) is 3.22. The summed E-state index contributed by atoms with van der Waals surface area (Å²) in [7, 11) is 0. The van der Waals surface area contributed by atoms with E-state index in [1.807, 2.05) is 24.3 Å². The molecular weight excluding hydrogens is 460 g/mol. The van der Waals surface area contributed by atoms with Crippen LogP contribution in [0, 0.1) is 0 Å². The Bertz CT molecular complexity index is 997. The second kappa shape index (κ2) is 13.6. The second-order valence-corrected chi connectivity index (χ2v) is 8.24. The highest BCUT2D eigenvalue weighted by atomic mass is 32.1. The van der Waals surface area contributed by atoms with Gasteiger partial charge in [0.05, 0.1) is 12.6 Å². The monoisotopic (exact) mass is 492 g/mol. The molecule has 0 aliphatic rings. The van der Waals surface area contributed by atoms with Crippen LogP contribution >= 0.6 is 12.6 Å². The highest BCUT2D eigenvalue weighted by Crippen LogP contribution is 2.19. The lowest BCUT2D eigenvalue weighted by Crippen LogP contribution is -2.54. The molecule has 34 heavy (non-hydrogen) atoms. The molecule has 3 amide bonds. The van der Waals surface area contributed by atoms with E-state index in [0.717, 1.165) is 16.5 Å². The summed E-state index contributed by atoms with van der Waals surface area (Å²) in [6.45, 7) is 0.0386. The summed E-state index contributed by atoms with van der Waals surface area (Å²) in [6, 6.07) is 4.40. The van der Waals surface area contributed by atoms with Gasteiger partial charge in [-0.1, -0.05) is 18.2 Å². The molecule has 3 atom stereocenters. The van der Waals surface area contributed by atoms with E-state index < -0.39 is 41.8 Å². The quantitative estimate of drug-likeness (QED) is 0.126. The molecule has 1 heterocycles. The van der Waals surface area contributed by atoms with Crippen LogP contribution in [0.5, 0.6) is 0 Å². The van der Waals surface area contributed by atoms with Gasteiger partial charge < -0.3 is 37.5 Å². The maximum Gasteiger partial charge on any atom is 0.326 e. The van der Waals surface area contributed by atoms with Crippen molar-refractivity contribution in [1.29, 1.82) is 0 Å². The first-order chi connectivity index (χ1) is 16.3. The molecule has 2 rings (SSSR count). The highest BCUT2D eigenvalue weighted by molar-refractivity contribution is 7.80. The Morgan fingerprint density at radius 2 is 1.79 bits per heavy atom. The van der Waals surface area contributed by atoms with Gasteiger partial charge in [-0.25, -0.2) is 4.79 Å². The number of nitrogens with two attached hydrogens (primary N) is 2. The normalized spacial score (nSPS) is 13.6. The van der Waals surface area contributed by atoms with Crippen molar-refractivity contribution in [2.75, 3.05) is 18.8 Å². The lowest BCUT2D eigenvalue weighted by Gasteiger charge is -2.22. The number of carboxylic acids is 1. The predicted octanol–water partition coefficient (Wildman–Crippen LogP) is -0.733. The van der Waals surface area contributed by atoms with Crippen LogP contribution in [0.3, 0.4) is 0 Å². The van der Waals surface area contributed by atoms with Crippen molar-refractivity contribution < 1.29 is 24.3 Å². The van der Waals surface area contributed by atoms with E-state index in [2.05, 4.69) is 33.6 Å². The number of carboxylic acid groups (broad SMARTS) is 1. The van der Waals surface area contributed by atoms with Crippen LogP contribution in [0.4, 0.5) is 0 Å². The Morgan fingerprint density at radius 1 is 1.06 bits per heavy atom. The number of aromatic nitrogens is 1. The molecule has 0 aliphatic carbocycles. The van der Waals surface area contributed by atoms with Gasteiger partial charge in [-0.3, -0.25) is 14.4 Å². The smallest absolute Gasteiger partial charge is 0.326 e. The van der Waals surface area contributed by atoms with E-state index in [-0.39, 0.29) is 25.1 Å². The highest BCUT2D eigenvalue weighted by Gasteiger charge is 2.27. The number of aromatic amines is 1. The molecule has 0 saturated carbocycles. The van der Waals surface area contributed by atoms with Gasteiger partial charge in [0.1, 0.15) is 12.1 Å². The van der Waals surface area contributed by atoms with Gasteiger partial charge in [0.15, 0.2) is 0 Å². The third kappa shape index (κ3) is 8.04. The topological polar surface area (TPSA) is 192 Å².